The Morgan fingerprint density at radius 1 is 0.488 bits per heavy atom. The zero-order valence-corrected chi connectivity index (χ0v) is 28.8. The molecule has 0 radical (unpaired) electrons. The van der Waals surface area contributed by atoms with Gasteiger partial charge in [0.25, 0.3) is 0 Å². The van der Waals surface area contributed by atoms with Gasteiger partial charge in [-0.15, -0.1) is 0 Å². The van der Waals surface area contributed by atoms with Crippen LogP contribution < -0.4 is 0 Å². The normalized spacial score (nSPS) is 18.2. The molecule has 2 aromatic heterocycles. The molecule has 1 aliphatic heterocycles. The van der Waals surface area contributed by atoms with Crippen LogP contribution in [0, 0.1) is 12.1 Å². The van der Waals surface area contributed by atoms with E-state index in [1.54, 1.807) is 0 Å². The third-order valence-electron chi connectivity index (χ3n) is 9.28. The number of hydrogen-bond acceptors (Lipinski definition) is 2. The van der Waals surface area contributed by atoms with Crippen molar-refractivity contribution in [1.29, 1.82) is 0 Å². The number of rotatable bonds is 0. The maximum Gasteiger partial charge on any atom is 2.00 e. The van der Waals surface area contributed by atoms with E-state index < -0.39 is 0 Å². The number of aromatic nitrogens is 2. The summed E-state index contributed by atoms with van der Waals surface area (Å²) in [5.41, 5.74) is 8.70. The summed E-state index contributed by atoms with van der Waals surface area (Å²) in [7, 11) is 0. The molecule has 2 nitrogen and oxygen atoms in total. The van der Waals surface area contributed by atoms with Gasteiger partial charge in [-0.1, -0.05) is 88.3 Å². The first kappa shape index (κ1) is 31.4. The second-order valence-corrected chi connectivity index (χ2v) is 14.7. The third kappa shape index (κ3) is 5.38. The van der Waals surface area contributed by atoms with Gasteiger partial charge in [-0.05, 0) is 29.7 Å². The molecule has 0 saturated heterocycles. The maximum atomic E-state index is 5.35. The molecular weight excluding hydrogens is 680 g/mol. The van der Waals surface area contributed by atoms with Gasteiger partial charge in [-0.25, -0.2) is 0 Å². The Morgan fingerprint density at radius 2 is 0.780 bits per heavy atom. The SMILES string of the molecule is CC(C)(C)c1cc2[c-]c(c1)C(C)(C)c1cccc(n1)C(C)(C)c1[c-]c(ccc1)C(C)(C)c1cccc(n1)C2(C)C.[Pt+2]. The fourth-order valence-electron chi connectivity index (χ4n) is 5.69. The van der Waals surface area contributed by atoms with Crippen LogP contribution in [0.2, 0.25) is 0 Å². The van der Waals surface area contributed by atoms with Gasteiger partial charge in [0.1, 0.15) is 0 Å². The molecule has 0 unspecified atom stereocenters. The van der Waals surface area contributed by atoms with Crippen molar-refractivity contribution in [3.8, 4) is 0 Å². The Morgan fingerprint density at radius 3 is 1.12 bits per heavy atom. The molecule has 1 aliphatic rings. The Hall–Kier alpha value is -2.57. The predicted octanol–water partition coefficient (Wildman–Crippen LogP) is 8.99. The molecule has 0 atom stereocenters. The van der Waals surface area contributed by atoms with Crippen molar-refractivity contribution in [2.75, 3.05) is 0 Å². The van der Waals surface area contributed by atoms with Crippen molar-refractivity contribution < 1.29 is 21.1 Å². The van der Waals surface area contributed by atoms with Crippen LogP contribution in [0.4, 0.5) is 0 Å². The number of hydrogen-bond donors (Lipinski definition) is 0. The molecule has 0 aliphatic carbocycles. The van der Waals surface area contributed by atoms with Crippen molar-refractivity contribution in [3.63, 3.8) is 0 Å². The van der Waals surface area contributed by atoms with Crippen LogP contribution in [0.25, 0.3) is 0 Å². The van der Waals surface area contributed by atoms with Crippen LogP contribution in [0.5, 0.6) is 0 Å². The van der Waals surface area contributed by atoms with E-state index >= 15 is 0 Å². The fraction of sp³-hybridized carbons (Fsp3) is 0.421. The minimum atomic E-state index is -0.349. The second-order valence-electron chi connectivity index (χ2n) is 14.7. The smallest absolute Gasteiger partial charge is 0.256 e. The first-order valence-electron chi connectivity index (χ1n) is 14.5. The van der Waals surface area contributed by atoms with E-state index in [2.05, 4.69) is 155 Å². The zero-order chi connectivity index (χ0) is 29.3. The summed E-state index contributed by atoms with van der Waals surface area (Å²) in [5.74, 6) is 0. The van der Waals surface area contributed by atoms with E-state index in [1.807, 2.05) is 0 Å². The standard InChI is InChI=1S/C38H44N2.Pt/c1-34(2,3)27-22-28-24-29(23-27)38(10,11)33-20-14-18-31(40-33)36(6,7)26-16-12-15-25(21-26)35(4,5)30-17-13-19-32(39-30)37(28,8)9;/h12-20,22-23H,1-11H3;/q-2;+2. The minimum Gasteiger partial charge on any atom is -0.256 e. The number of pyridine rings is 2. The quantitative estimate of drug-likeness (QED) is 0.169. The van der Waals surface area contributed by atoms with E-state index in [0.29, 0.717) is 0 Å². The van der Waals surface area contributed by atoms with Gasteiger partial charge < -0.3 is 0 Å². The van der Waals surface area contributed by atoms with E-state index in [0.717, 1.165) is 45.0 Å². The van der Waals surface area contributed by atoms with E-state index in [1.165, 1.54) is 5.56 Å². The van der Waals surface area contributed by atoms with Crippen molar-refractivity contribution >= 4 is 0 Å². The molecule has 3 heteroatoms. The molecular formula is C38H44N2Pt. The Labute approximate surface area is 262 Å². The molecule has 41 heavy (non-hydrogen) atoms. The summed E-state index contributed by atoms with van der Waals surface area (Å²) in [6, 6.07) is 31.9. The van der Waals surface area contributed by atoms with Crippen molar-refractivity contribution in [2.24, 2.45) is 0 Å². The summed E-state index contributed by atoms with van der Waals surface area (Å²) < 4.78 is 0. The van der Waals surface area contributed by atoms with Crippen LogP contribution in [0.1, 0.15) is 127 Å². The molecule has 3 heterocycles. The molecule has 2 aromatic carbocycles. The summed E-state index contributed by atoms with van der Waals surface area (Å²) in [4.78, 5) is 10.7. The van der Waals surface area contributed by atoms with Gasteiger partial charge in [0.15, 0.2) is 0 Å². The summed E-state index contributed by atoms with van der Waals surface area (Å²) in [5, 5.41) is 0. The summed E-state index contributed by atoms with van der Waals surface area (Å²) in [6.07, 6.45) is 0. The predicted molar refractivity (Wildman–Crippen MR) is 166 cm³/mol. The molecule has 216 valence electrons. The minimum absolute atomic E-state index is 0. The molecule has 4 aromatic rings. The largest absolute Gasteiger partial charge is 2.00 e. The van der Waals surface area contributed by atoms with Gasteiger partial charge >= 0.3 is 21.1 Å². The first-order chi connectivity index (χ1) is 18.4. The van der Waals surface area contributed by atoms with E-state index in [9.17, 15) is 0 Å². The van der Waals surface area contributed by atoms with E-state index in [-0.39, 0.29) is 48.1 Å². The average Bonchev–Trinajstić information content (AvgIpc) is 2.92. The Kier molecular flexibility index (Phi) is 7.88. The molecule has 0 fully saturated rings. The van der Waals surface area contributed by atoms with E-state index in [4.69, 9.17) is 9.97 Å². The van der Waals surface area contributed by atoms with Gasteiger partial charge in [-0.3, -0.25) is 9.97 Å². The van der Waals surface area contributed by atoms with Crippen molar-refractivity contribution in [3.05, 3.63) is 129 Å². The Balaban J connectivity index is 0.00000387. The molecule has 8 bridgehead atoms. The molecule has 0 N–H and O–H groups in total. The van der Waals surface area contributed by atoms with Crippen LogP contribution in [0.3, 0.4) is 0 Å². The second kappa shape index (κ2) is 10.3. The molecule has 0 spiro atoms. The molecule has 0 amide bonds. The van der Waals surface area contributed by atoms with Crippen LogP contribution in [-0.4, -0.2) is 9.97 Å². The topological polar surface area (TPSA) is 25.8 Å². The molecule has 0 saturated carbocycles. The average molecular weight is 724 g/mol. The van der Waals surface area contributed by atoms with Crippen LogP contribution >= 0.6 is 0 Å². The summed E-state index contributed by atoms with van der Waals surface area (Å²) >= 11 is 0. The van der Waals surface area contributed by atoms with Gasteiger partial charge in [0.2, 0.25) is 0 Å². The Bertz CT molecular complexity index is 1480. The summed E-state index contributed by atoms with van der Waals surface area (Å²) in [6.45, 7) is 25.0. The maximum absolute atomic E-state index is 5.35. The van der Waals surface area contributed by atoms with Crippen molar-refractivity contribution in [1.82, 2.24) is 9.97 Å². The number of fused-ring (bicyclic) bond motifs is 8. The third-order valence-corrected chi connectivity index (χ3v) is 9.28. The van der Waals surface area contributed by atoms with Crippen LogP contribution in [-0.2, 0) is 48.1 Å². The first-order valence-corrected chi connectivity index (χ1v) is 14.5. The van der Waals surface area contributed by atoms with Gasteiger partial charge in [0, 0.05) is 44.4 Å². The van der Waals surface area contributed by atoms with Crippen LogP contribution in [0.15, 0.2) is 66.7 Å². The zero-order valence-electron chi connectivity index (χ0n) is 26.6. The number of nitrogens with zero attached hydrogens (tertiary/aromatic N) is 2. The van der Waals surface area contributed by atoms with Gasteiger partial charge in [-0.2, -0.15) is 70.3 Å². The number of benzene rings is 2. The van der Waals surface area contributed by atoms with Gasteiger partial charge in [0.05, 0.1) is 0 Å². The molecule has 5 rings (SSSR count). The monoisotopic (exact) mass is 723 g/mol. The van der Waals surface area contributed by atoms with Crippen molar-refractivity contribution in [2.45, 2.75) is 103 Å². The fourth-order valence-corrected chi connectivity index (χ4v) is 5.69.